The van der Waals surface area contributed by atoms with E-state index in [9.17, 15) is 0 Å². The van der Waals surface area contributed by atoms with Crippen LogP contribution in [0.5, 0.6) is 0 Å². The topological polar surface area (TPSA) is 21.3 Å². The summed E-state index contributed by atoms with van der Waals surface area (Å²) in [6.45, 7) is 7.99. The molecule has 1 heterocycles. The molecule has 1 rings (SSSR count). The van der Waals surface area contributed by atoms with E-state index in [2.05, 4.69) is 42.9 Å². The molecule has 1 aromatic rings. The van der Waals surface area contributed by atoms with Gasteiger partial charge in [0.05, 0.1) is 12.7 Å². The molecule has 0 aliphatic rings. The van der Waals surface area contributed by atoms with Crippen LogP contribution < -0.4 is 5.32 Å². The second-order valence-corrected chi connectivity index (χ2v) is 4.43. The number of hydrogen-bond donors (Lipinski definition) is 1. The van der Waals surface area contributed by atoms with E-state index in [4.69, 9.17) is 4.74 Å². The van der Waals surface area contributed by atoms with Crippen molar-refractivity contribution in [2.75, 3.05) is 13.2 Å². The molecule has 0 aliphatic heterocycles. The summed E-state index contributed by atoms with van der Waals surface area (Å²) < 4.78 is 5.45. The van der Waals surface area contributed by atoms with Crippen LogP contribution in [0.25, 0.3) is 0 Å². The molecule has 1 atom stereocenters. The van der Waals surface area contributed by atoms with E-state index in [1.807, 2.05) is 0 Å². The number of ether oxygens (including phenoxy) is 1. The fourth-order valence-electron chi connectivity index (χ4n) is 1.21. The van der Waals surface area contributed by atoms with Crippen molar-refractivity contribution >= 4 is 11.3 Å². The highest BCUT2D eigenvalue weighted by molar-refractivity contribution is 7.07. The van der Waals surface area contributed by atoms with Gasteiger partial charge >= 0.3 is 0 Å². The van der Waals surface area contributed by atoms with Gasteiger partial charge in [-0.15, -0.1) is 0 Å². The molecule has 1 aromatic heterocycles. The molecule has 0 bridgehead atoms. The van der Waals surface area contributed by atoms with Gasteiger partial charge in [0.1, 0.15) is 0 Å². The van der Waals surface area contributed by atoms with E-state index < -0.39 is 0 Å². The average Bonchev–Trinajstić information content (AvgIpc) is 2.64. The first-order chi connectivity index (χ1) is 6.70. The van der Waals surface area contributed by atoms with Crippen molar-refractivity contribution in [1.82, 2.24) is 5.32 Å². The van der Waals surface area contributed by atoms with Gasteiger partial charge in [0.15, 0.2) is 0 Å². The van der Waals surface area contributed by atoms with Crippen LogP contribution in [0.15, 0.2) is 16.8 Å². The van der Waals surface area contributed by atoms with Crippen LogP contribution in [0.2, 0.25) is 0 Å². The monoisotopic (exact) mass is 213 g/mol. The average molecular weight is 213 g/mol. The molecule has 1 N–H and O–H groups in total. The SMILES string of the molecule is CC(C)OCCNC(C)c1ccsc1. The van der Waals surface area contributed by atoms with Gasteiger partial charge in [-0.05, 0) is 43.2 Å². The van der Waals surface area contributed by atoms with Crippen LogP contribution in [-0.2, 0) is 4.74 Å². The first-order valence-corrected chi connectivity index (χ1v) is 6.01. The molecule has 1 unspecified atom stereocenters. The maximum atomic E-state index is 5.45. The van der Waals surface area contributed by atoms with Crippen molar-refractivity contribution in [3.05, 3.63) is 22.4 Å². The Morgan fingerprint density at radius 1 is 1.43 bits per heavy atom. The molecular weight excluding hydrogens is 194 g/mol. The van der Waals surface area contributed by atoms with E-state index in [1.54, 1.807) is 11.3 Å². The predicted molar refractivity (Wildman–Crippen MR) is 61.8 cm³/mol. The Hall–Kier alpha value is -0.380. The fraction of sp³-hybridized carbons (Fsp3) is 0.636. The minimum atomic E-state index is 0.327. The number of thiophene rings is 1. The Labute approximate surface area is 90.3 Å². The van der Waals surface area contributed by atoms with Crippen LogP contribution >= 0.6 is 11.3 Å². The Morgan fingerprint density at radius 3 is 2.79 bits per heavy atom. The standard InChI is InChI=1S/C11H19NOS/c1-9(2)13-6-5-12-10(3)11-4-7-14-8-11/h4,7-10,12H,5-6H2,1-3H3. The van der Waals surface area contributed by atoms with Crippen LogP contribution in [-0.4, -0.2) is 19.3 Å². The van der Waals surface area contributed by atoms with Gasteiger partial charge in [0.25, 0.3) is 0 Å². The molecule has 0 amide bonds. The van der Waals surface area contributed by atoms with E-state index in [0.29, 0.717) is 12.1 Å². The van der Waals surface area contributed by atoms with Crippen molar-refractivity contribution < 1.29 is 4.74 Å². The second kappa shape index (κ2) is 6.17. The number of nitrogens with one attached hydrogen (secondary N) is 1. The molecule has 80 valence electrons. The molecule has 2 nitrogen and oxygen atoms in total. The highest BCUT2D eigenvalue weighted by atomic mass is 32.1. The lowest BCUT2D eigenvalue weighted by Crippen LogP contribution is -2.24. The molecule has 0 radical (unpaired) electrons. The molecule has 0 spiro atoms. The minimum Gasteiger partial charge on any atom is -0.377 e. The Kier molecular flexibility index (Phi) is 5.15. The van der Waals surface area contributed by atoms with Gasteiger partial charge in [0, 0.05) is 12.6 Å². The highest BCUT2D eigenvalue weighted by Gasteiger charge is 2.03. The third kappa shape index (κ3) is 4.22. The summed E-state index contributed by atoms with van der Waals surface area (Å²) in [7, 11) is 0. The van der Waals surface area contributed by atoms with Crippen molar-refractivity contribution in [3.63, 3.8) is 0 Å². The Morgan fingerprint density at radius 2 is 2.21 bits per heavy atom. The van der Waals surface area contributed by atoms with Crippen LogP contribution in [0.3, 0.4) is 0 Å². The minimum absolute atomic E-state index is 0.327. The summed E-state index contributed by atoms with van der Waals surface area (Å²) in [5.41, 5.74) is 1.36. The third-order valence-corrected chi connectivity index (χ3v) is 2.75. The summed E-state index contributed by atoms with van der Waals surface area (Å²) in [5, 5.41) is 7.71. The van der Waals surface area contributed by atoms with Crippen molar-refractivity contribution in [2.24, 2.45) is 0 Å². The molecule has 0 aliphatic carbocycles. The lowest BCUT2D eigenvalue weighted by atomic mass is 10.2. The first-order valence-electron chi connectivity index (χ1n) is 5.07. The summed E-state index contributed by atoms with van der Waals surface area (Å²) >= 11 is 1.74. The van der Waals surface area contributed by atoms with Crippen molar-refractivity contribution in [3.8, 4) is 0 Å². The van der Waals surface area contributed by atoms with E-state index in [-0.39, 0.29) is 0 Å². The zero-order chi connectivity index (χ0) is 10.4. The van der Waals surface area contributed by atoms with Gasteiger partial charge in [-0.25, -0.2) is 0 Å². The van der Waals surface area contributed by atoms with Gasteiger partial charge in [0.2, 0.25) is 0 Å². The lowest BCUT2D eigenvalue weighted by Gasteiger charge is -2.13. The molecule has 14 heavy (non-hydrogen) atoms. The third-order valence-electron chi connectivity index (χ3n) is 2.05. The van der Waals surface area contributed by atoms with E-state index in [0.717, 1.165) is 13.2 Å². The molecule has 0 saturated carbocycles. The highest BCUT2D eigenvalue weighted by Crippen LogP contribution is 2.14. The van der Waals surface area contributed by atoms with Gasteiger partial charge < -0.3 is 10.1 Å². The Balaban J connectivity index is 2.13. The Bertz CT molecular complexity index is 233. The molecular formula is C11H19NOS. The summed E-state index contributed by atoms with van der Waals surface area (Å²) in [4.78, 5) is 0. The second-order valence-electron chi connectivity index (χ2n) is 3.65. The zero-order valence-corrected chi connectivity index (χ0v) is 9.93. The lowest BCUT2D eigenvalue weighted by molar-refractivity contribution is 0.0796. The molecule has 3 heteroatoms. The summed E-state index contributed by atoms with van der Waals surface area (Å²) in [6, 6.07) is 2.59. The van der Waals surface area contributed by atoms with Gasteiger partial charge in [-0.1, -0.05) is 0 Å². The van der Waals surface area contributed by atoms with Crippen molar-refractivity contribution in [1.29, 1.82) is 0 Å². The number of hydrogen-bond acceptors (Lipinski definition) is 3. The maximum absolute atomic E-state index is 5.45. The van der Waals surface area contributed by atoms with E-state index in [1.165, 1.54) is 5.56 Å². The smallest absolute Gasteiger partial charge is 0.0594 e. The molecule has 0 saturated heterocycles. The molecule has 0 fully saturated rings. The van der Waals surface area contributed by atoms with Crippen molar-refractivity contribution in [2.45, 2.75) is 32.9 Å². The van der Waals surface area contributed by atoms with Gasteiger partial charge in [-0.2, -0.15) is 11.3 Å². The largest absolute Gasteiger partial charge is 0.377 e. The van der Waals surface area contributed by atoms with Gasteiger partial charge in [-0.3, -0.25) is 0 Å². The van der Waals surface area contributed by atoms with E-state index >= 15 is 0 Å². The summed E-state index contributed by atoms with van der Waals surface area (Å²) in [6.07, 6.45) is 0.327. The fourth-order valence-corrected chi connectivity index (χ4v) is 1.96. The van der Waals surface area contributed by atoms with Crippen LogP contribution in [0.4, 0.5) is 0 Å². The van der Waals surface area contributed by atoms with Crippen LogP contribution in [0.1, 0.15) is 32.4 Å². The maximum Gasteiger partial charge on any atom is 0.0594 e. The van der Waals surface area contributed by atoms with Crippen LogP contribution in [0, 0.1) is 0 Å². The summed E-state index contributed by atoms with van der Waals surface area (Å²) in [5.74, 6) is 0. The first kappa shape index (κ1) is 11.7. The quantitative estimate of drug-likeness (QED) is 0.734. The predicted octanol–water partition coefficient (Wildman–Crippen LogP) is 2.82. The zero-order valence-electron chi connectivity index (χ0n) is 9.12. The normalized spacial score (nSPS) is 13.4. The molecule has 0 aromatic carbocycles. The number of rotatable bonds is 6.